The zero-order valence-corrected chi connectivity index (χ0v) is 25.3. The Bertz CT molecular complexity index is 1450. The van der Waals surface area contributed by atoms with Crippen LogP contribution in [0.1, 0.15) is 61.4 Å². The van der Waals surface area contributed by atoms with Crippen LogP contribution in [0.5, 0.6) is 5.75 Å². The molecule has 1 aromatic heterocycles. The third kappa shape index (κ3) is 6.15. The molecule has 43 heavy (non-hydrogen) atoms. The Morgan fingerprint density at radius 2 is 1.79 bits per heavy atom. The molecule has 1 saturated heterocycles. The van der Waals surface area contributed by atoms with Gasteiger partial charge < -0.3 is 25.2 Å². The molecule has 10 nitrogen and oxygen atoms in total. The minimum absolute atomic E-state index is 0.0528. The van der Waals surface area contributed by atoms with E-state index in [-0.39, 0.29) is 29.9 Å². The fourth-order valence-corrected chi connectivity index (χ4v) is 6.63. The Morgan fingerprint density at radius 1 is 1.05 bits per heavy atom. The SMILES string of the molecule is COc1cc(C(=O)NC2CCN(Cc3ccccc3)CC2)ccc1Nc1ncc2c(n1)N(C1CCCC1)[C@H](C)C(=O)N2C. The van der Waals surface area contributed by atoms with Gasteiger partial charge in [0.15, 0.2) is 5.82 Å². The first-order valence-corrected chi connectivity index (χ1v) is 15.4. The summed E-state index contributed by atoms with van der Waals surface area (Å²) >= 11 is 0. The van der Waals surface area contributed by atoms with E-state index in [0.29, 0.717) is 28.6 Å². The summed E-state index contributed by atoms with van der Waals surface area (Å²) in [7, 11) is 3.36. The highest BCUT2D eigenvalue weighted by atomic mass is 16.5. The van der Waals surface area contributed by atoms with Crippen LogP contribution >= 0.6 is 0 Å². The van der Waals surface area contributed by atoms with Crippen molar-refractivity contribution in [3.8, 4) is 5.75 Å². The number of ether oxygens (including phenoxy) is 1. The number of carbonyl (C=O) groups is 2. The molecule has 2 amide bonds. The molecule has 2 N–H and O–H groups in total. The quantitative estimate of drug-likeness (QED) is 0.392. The first kappa shape index (κ1) is 28.9. The van der Waals surface area contributed by atoms with Crippen molar-refractivity contribution in [3.05, 3.63) is 65.9 Å². The van der Waals surface area contributed by atoms with Crippen LogP contribution in [0, 0.1) is 0 Å². The number of hydrogen-bond donors (Lipinski definition) is 2. The van der Waals surface area contributed by atoms with Gasteiger partial charge in [-0.1, -0.05) is 43.2 Å². The number of carbonyl (C=O) groups excluding carboxylic acids is 2. The van der Waals surface area contributed by atoms with Crippen LogP contribution in [0.4, 0.5) is 23.1 Å². The number of likely N-dealkylation sites (tertiary alicyclic amines) is 1. The van der Waals surface area contributed by atoms with E-state index < -0.39 is 0 Å². The lowest BCUT2D eigenvalue weighted by Crippen LogP contribution is -2.54. The largest absolute Gasteiger partial charge is 0.495 e. The lowest BCUT2D eigenvalue weighted by molar-refractivity contribution is -0.119. The molecule has 3 aliphatic rings. The summed E-state index contributed by atoms with van der Waals surface area (Å²) in [5.74, 6) is 1.65. The van der Waals surface area contributed by atoms with Gasteiger partial charge in [-0.2, -0.15) is 4.98 Å². The number of nitrogens with one attached hydrogen (secondary N) is 2. The number of rotatable bonds is 8. The Hall–Kier alpha value is -4.18. The van der Waals surface area contributed by atoms with Crippen LogP contribution in [0.2, 0.25) is 0 Å². The first-order chi connectivity index (χ1) is 20.9. The molecule has 3 aromatic rings. The van der Waals surface area contributed by atoms with Crippen molar-refractivity contribution in [2.75, 3.05) is 42.4 Å². The average molecular weight is 584 g/mol. The molecule has 1 atom stereocenters. The molecule has 1 aliphatic carbocycles. The van der Waals surface area contributed by atoms with E-state index >= 15 is 0 Å². The predicted octanol–water partition coefficient (Wildman–Crippen LogP) is 4.74. The highest BCUT2D eigenvalue weighted by Gasteiger charge is 2.39. The number of amides is 2. The summed E-state index contributed by atoms with van der Waals surface area (Å²) in [5, 5.41) is 6.50. The minimum atomic E-state index is -0.285. The van der Waals surface area contributed by atoms with Crippen molar-refractivity contribution in [1.29, 1.82) is 0 Å². The number of methoxy groups -OCH3 is 1. The maximum absolute atomic E-state index is 13.2. The molecule has 1 saturated carbocycles. The fourth-order valence-electron chi connectivity index (χ4n) is 6.63. The second-order valence-corrected chi connectivity index (χ2v) is 11.9. The Morgan fingerprint density at radius 3 is 2.51 bits per heavy atom. The van der Waals surface area contributed by atoms with Gasteiger partial charge in [-0.3, -0.25) is 14.5 Å². The maximum Gasteiger partial charge on any atom is 0.251 e. The van der Waals surface area contributed by atoms with Crippen LogP contribution < -0.4 is 25.2 Å². The fraction of sp³-hybridized carbons (Fsp3) is 0.455. The summed E-state index contributed by atoms with van der Waals surface area (Å²) in [4.78, 5) is 41.8. The molecule has 0 unspecified atom stereocenters. The van der Waals surface area contributed by atoms with Crippen LogP contribution in [0.15, 0.2) is 54.7 Å². The lowest BCUT2D eigenvalue weighted by atomic mass is 10.0. The van der Waals surface area contributed by atoms with E-state index in [2.05, 4.69) is 49.7 Å². The number of nitrogens with zero attached hydrogens (tertiary/aromatic N) is 5. The number of fused-ring (bicyclic) bond motifs is 1. The van der Waals surface area contributed by atoms with Crippen molar-refractivity contribution in [1.82, 2.24) is 20.2 Å². The van der Waals surface area contributed by atoms with Gasteiger partial charge >= 0.3 is 0 Å². The summed E-state index contributed by atoms with van der Waals surface area (Å²) in [6.45, 7) is 4.80. The topological polar surface area (TPSA) is 103 Å². The van der Waals surface area contributed by atoms with Crippen LogP contribution in [0.25, 0.3) is 0 Å². The summed E-state index contributed by atoms with van der Waals surface area (Å²) in [6.07, 6.45) is 7.97. The molecule has 2 fully saturated rings. The lowest BCUT2D eigenvalue weighted by Gasteiger charge is -2.42. The normalized spacial score (nSPS) is 19.8. The number of hydrogen-bond acceptors (Lipinski definition) is 8. The molecule has 10 heteroatoms. The van der Waals surface area contributed by atoms with Crippen LogP contribution in [-0.2, 0) is 11.3 Å². The predicted molar refractivity (Wildman–Crippen MR) is 168 cm³/mol. The smallest absolute Gasteiger partial charge is 0.251 e. The molecule has 226 valence electrons. The molecule has 2 aliphatic heterocycles. The second kappa shape index (κ2) is 12.6. The Balaban J connectivity index is 1.12. The third-order valence-electron chi connectivity index (χ3n) is 9.06. The number of anilines is 4. The van der Waals surface area contributed by atoms with Gasteiger partial charge in [-0.05, 0) is 56.4 Å². The third-order valence-corrected chi connectivity index (χ3v) is 9.06. The molecule has 0 radical (unpaired) electrons. The van der Waals surface area contributed by atoms with Gasteiger partial charge in [0, 0.05) is 44.3 Å². The maximum atomic E-state index is 13.2. The van der Waals surface area contributed by atoms with Gasteiger partial charge in [0.25, 0.3) is 5.91 Å². The van der Waals surface area contributed by atoms with Crippen molar-refractivity contribution in [3.63, 3.8) is 0 Å². The minimum Gasteiger partial charge on any atom is -0.495 e. The van der Waals surface area contributed by atoms with Gasteiger partial charge in [0.05, 0.1) is 19.0 Å². The van der Waals surface area contributed by atoms with Crippen LogP contribution in [-0.4, -0.2) is 72.1 Å². The molecular formula is C33H41N7O3. The van der Waals surface area contributed by atoms with Crippen molar-refractivity contribution in [2.24, 2.45) is 0 Å². The number of aromatic nitrogens is 2. The van der Waals surface area contributed by atoms with Gasteiger partial charge in [0.2, 0.25) is 11.9 Å². The van der Waals surface area contributed by atoms with Crippen molar-refractivity contribution in [2.45, 2.75) is 70.1 Å². The number of piperidine rings is 1. The van der Waals surface area contributed by atoms with Gasteiger partial charge in [-0.15, -0.1) is 0 Å². The zero-order chi connectivity index (χ0) is 29.9. The summed E-state index contributed by atoms with van der Waals surface area (Å²) in [6, 6.07) is 16.0. The van der Waals surface area contributed by atoms with E-state index in [4.69, 9.17) is 9.72 Å². The molecule has 0 spiro atoms. The summed E-state index contributed by atoms with van der Waals surface area (Å²) in [5.41, 5.74) is 3.23. The monoisotopic (exact) mass is 583 g/mol. The summed E-state index contributed by atoms with van der Waals surface area (Å²) < 4.78 is 5.66. The van der Waals surface area contributed by atoms with Gasteiger partial charge in [0.1, 0.15) is 17.5 Å². The molecule has 3 heterocycles. The van der Waals surface area contributed by atoms with Crippen LogP contribution in [0.3, 0.4) is 0 Å². The zero-order valence-electron chi connectivity index (χ0n) is 25.3. The highest BCUT2D eigenvalue weighted by molar-refractivity contribution is 6.04. The molecule has 0 bridgehead atoms. The molecule has 2 aromatic carbocycles. The van der Waals surface area contributed by atoms with E-state index in [9.17, 15) is 9.59 Å². The first-order valence-electron chi connectivity index (χ1n) is 15.4. The number of benzene rings is 2. The standard InChI is InChI=1S/C33H41N7O3/c1-22-32(42)38(2)28-20-34-33(37-30(28)40(22)26-11-7-8-12-26)36-27-14-13-24(19-29(27)43-3)31(41)35-25-15-17-39(18-16-25)21-23-9-5-4-6-10-23/h4-6,9-10,13-14,19-20,22,25-26H,7-8,11-12,15-18,21H2,1-3H3,(H,35,41)(H,34,36,37)/t22-/m1/s1. The van der Waals surface area contributed by atoms with Crippen molar-refractivity contribution < 1.29 is 14.3 Å². The highest BCUT2D eigenvalue weighted by Crippen LogP contribution is 2.39. The van der Waals surface area contributed by atoms with E-state index in [1.54, 1.807) is 37.4 Å². The van der Waals surface area contributed by atoms with E-state index in [1.807, 2.05) is 19.1 Å². The number of likely N-dealkylation sites (N-methyl/N-ethyl adjacent to an activating group) is 1. The van der Waals surface area contributed by atoms with E-state index in [0.717, 1.165) is 64.0 Å². The molecular weight excluding hydrogens is 542 g/mol. The van der Waals surface area contributed by atoms with E-state index in [1.165, 1.54) is 5.56 Å². The second-order valence-electron chi connectivity index (χ2n) is 11.9. The van der Waals surface area contributed by atoms with Crippen molar-refractivity contribution >= 4 is 35.0 Å². The van der Waals surface area contributed by atoms with Gasteiger partial charge in [-0.25, -0.2) is 4.98 Å². The Labute approximate surface area is 253 Å². The Kier molecular flexibility index (Phi) is 8.47. The molecule has 6 rings (SSSR count). The average Bonchev–Trinajstić information content (AvgIpc) is 3.56.